The van der Waals surface area contributed by atoms with Crippen LogP contribution in [-0.4, -0.2) is 83.2 Å². The number of nitrogen functional groups attached to an aromatic ring is 1. The number of amidine groups is 2. The molecular formula is C31H34ClF5N6O2. The Kier molecular flexibility index (Phi) is 6.82. The smallest absolute Gasteiger partial charge is 0.418 e. The molecule has 0 radical (unpaired) electrons. The van der Waals surface area contributed by atoms with Crippen LogP contribution >= 0.6 is 11.6 Å². The number of rotatable bonds is 3. The Labute approximate surface area is 262 Å². The lowest BCUT2D eigenvalue weighted by Crippen LogP contribution is -2.56. The van der Waals surface area contributed by atoms with Gasteiger partial charge >= 0.3 is 12.2 Å². The largest absolute Gasteiger partial charge is 0.461 e. The molecule has 1 aliphatic carbocycles. The molecule has 0 aromatic heterocycles. The summed E-state index contributed by atoms with van der Waals surface area (Å²) in [5.41, 5.74) is 2.33. The molecule has 45 heavy (non-hydrogen) atoms. The Morgan fingerprint density at radius 2 is 1.91 bits per heavy atom. The molecule has 4 saturated heterocycles. The molecule has 8 nitrogen and oxygen atoms in total. The molecule has 242 valence electrons. The molecule has 1 saturated carbocycles. The van der Waals surface area contributed by atoms with E-state index < -0.39 is 63.3 Å². The summed E-state index contributed by atoms with van der Waals surface area (Å²) in [7, 11) is 0. The fourth-order valence-corrected chi connectivity index (χ4v) is 8.70. The van der Waals surface area contributed by atoms with E-state index in [1.165, 1.54) is 0 Å². The zero-order valence-corrected chi connectivity index (χ0v) is 25.3. The van der Waals surface area contributed by atoms with Crippen LogP contribution in [0.4, 0.5) is 27.6 Å². The van der Waals surface area contributed by atoms with Gasteiger partial charge in [-0.25, -0.2) is 13.8 Å². The number of nitrogens with two attached hydrogens (primary N) is 1. The molecule has 1 aromatic rings. The van der Waals surface area contributed by atoms with Crippen LogP contribution in [0.2, 0.25) is 5.02 Å². The van der Waals surface area contributed by atoms with Gasteiger partial charge in [0.2, 0.25) is 0 Å². The SMILES string of the molecule is Nc1cc(Cl)c(C(F)(F)F)c(C2=NC3OC4(CC4)CC4CCCCN4C4=NC(OC[C@@]56CCCN5C[C@H](F)C6)=NC(=C2F)C43)c1. The van der Waals surface area contributed by atoms with E-state index in [0.717, 1.165) is 63.6 Å². The van der Waals surface area contributed by atoms with Gasteiger partial charge in [0.15, 0.2) is 12.1 Å². The zero-order valence-electron chi connectivity index (χ0n) is 24.6. The second-order valence-electron chi connectivity index (χ2n) is 13.5. The fraction of sp³-hybridized carbons (Fsp3) is 0.645. The fourth-order valence-electron chi connectivity index (χ4n) is 8.36. The van der Waals surface area contributed by atoms with Gasteiger partial charge in [0, 0.05) is 36.8 Å². The lowest BCUT2D eigenvalue weighted by molar-refractivity contribution is -0.137. The molecule has 8 rings (SSSR count). The van der Waals surface area contributed by atoms with Crippen LogP contribution in [0.1, 0.15) is 68.9 Å². The third-order valence-electron chi connectivity index (χ3n) is 10.6. The van der Waals surface area contributed by atoms with Crippen LogP contribution in [0.25, 0.3) is 0 Å². The highest BCUT2D eigenvalue weighted by molar-refractivity contribution is 6.32. The van der Waals surface area contributed by atoms with Crippen molar-refractivity contribution in [1.29, 1.82) is 0 Å². The summed E-state index contributed by atoms with van der Waals surface area (Å²) in [6, 6.07) is 2.03. The lowest BCUT2D eigenvalue weighted by atomic mass is 9.87. The van der Waals surface area contributed by atoms with E-state index in [2.05, 4.69) is 19.8 Å². The third-order valence-corrected chi connectivity index (χ3v) is 10.9. The van der Waals surface area contributed by atoms with Gasteiger partial charge in [-0.15, -0.1) is 0 Å². The van der Waals surface area contributed by atoms with Crippen molar-refractivity contribution in [2.24, 2.45) is 20.9 Å². The number of fused-ring (bicyclic) bond motifs is 3. The summed E-state index contributed by atoms with van der Waals surface area (Å²) in [6.07, 6.45) is 0.194. The Bertz CT molecular complexity index is 1560. The highest BCUT2D eigenvalue weighted by Crippen LogP contribution is 2.52. The zero-order chi connectivity index (χ0) is 31.3. The van der Waals surface area contributed by atoms with Crippen molar-refractivity contribution in [3.8, 4) is 0 Å². The van der Waals surface area contributed by atoms with Gasteiger partial charge in [-0.3, -0.25) is 4.90 Å². The second-order valence-corrected chi connectivity index (χ2v) is 14.0. The number of halogens is 6. The number of hydrogen-bond donors (Lipinski definition) is 1. The Balaban J connectivity index is 1.25. The molecule has 1 spiro atoms. The maximum atomic E-state index is 16.8. The summed E-state index contributed by atoms with van der Waals surface area (Å²) in [5.74, 6) is -1.42. The van der Waals surface area contributed by atoms with Crippen molar-refractivity contribution < 1.29 is 31.4 Å². The second kappa shape index (κ2) is 10.4. The molecule has 0 amide bonds. The first-order chi connectivity index (χ1) is 21.5. The van der Waals surface area contributed by atoms with Gasteiger partial charge in [-0.05, 0) is 70.0 Å². The first-order valence-corrected chi connectivity index (χ1v) is 16.1. The first kappa shape index (κ1) is 29.6. The summed E-state index contributed by atoms with van der Waals surface area (Å²) >= 11 is 6.06. The number of benzene rings is 1. The molecule has 6 aliphatic heterocycles. The van der Waals surface area contributed by atoms with Gasteiger partial charge in [-0.1, -0.05) is 11.6 Å². The van der Waals surface area contributed by atoms with E-state index >= 15 is 4.39 Å². The molecule has 14 heteroatoms. The van der Waals surface area contributed by atoms with Crippen molar-refractivity contribution in [3.63, 3.8) is 0 Å². The molecule has 5 atom stereocenters. The minimum Gasteiger partial charge on any atom is -0.461 e. The summed E-state index contributed by atoms with van der Waals surface area (Å²) in [6.45, 7) is 1.92. The monoisotopic (exact) mass is 652 g/mol. The molecule has 7 aliphatic rings. The molecule has 2 N–H and O–H groups in total. The first-order valence-electron chi connectivity index (χ1n) is 15.7. The molecule has 1 aromatic carbocycles. The Morgan fingerprint density at radius 1 is 1.09 bits per heavy atom. The average Bonchev–Trinajstić information content (AvgIpc) is 3.50. The van der Waals surface area contributed by atoms with Crippen LogP contribution in [0.15, 0.2) is 38.6 Å². The maximum Gasteiger partial charge on any atom is 0.418 e. The number of anilines is 1. The van der Waals surface area contributed by atoms with Crippen LogP contribution in [-0.2, 0) is 15.7 Å². The number of alkyl halides is 4. The molecule has 5 fully saturated rings. The summed E-state index contributed by atoms with van der Waals surface area (Å²) in [5, 5.41) is -0.657. The predicted octanol–water partition coefficient (Wildman–Crippen LogP) is 6.04. The highest BCUT2D eigenvalue weighted by Gasteiger charge is 2.56. The van der Waals surface area contributed by atoms with Crippen molar-refractivity contribution in [1.82, 2.24) is 9.80 Å². The number of piperidine rings is 1. The number of allylic oxidation sites excluding steroid dienone is 1. The Hall–Kier alpha value is -2.77. The van der Waals surface area contributed by atoms with Gasteiger partial charge in [-0.2, -0.15) is 23.2 Å². The summed E-state index contributed by atoms with van der Waals surface area (Å²) < 4.78 is 87.1. The lowest BCUT2D eigenvalue weighted by Gasteiger charge is -2.47. The maximum absolute atomic E-state index is 16.8. The average molecular weight is 653 g/mol. The number of hydrogen-bond acceptors (Lipinski definition) is 8. The standard InChI is InChI=1S/C31H34ClF5N6O2/c32-20-11-17(38)10-19(22(20)31(35,36)37)24-23(34)25-21-26(41-28(40-25)44-15-29-5-3-8-42(29)14-16(33)12-29)43-9-2-1-4-18(43)13-30(6-7-30)45-27(21)39-24/h10-11,16,18,21,27H,1-9,12-15,38H2/t16-,18?,21?,27?,29+/m1/s1. The van der Waals surface area contributed by atoms with Crippen LogP contribution in [0.5, 0.6) is 0 Å². The van der Waals surface area contributed by atoms with Crippen molar-refractivity contribution >= 4 is 34.9 Å². The topological polar surface area (TPSA) is 88.0 Å². The predicted molar refractivity (Wildman–Crippen MR) is 159 cm³/mol. The molecule has 6 heterocycles. The Morgan fingerprint density at radius 3 is 2.69 bits per heavy atom. The van der Waals surface area contributed by atoms with E-state index in [9.17, 15) is 17.6 Å². The molecular weight excluding hydrogens is 619 g/mol. The number of ether oxygens (including phenoxy) is 2. The van der Waals surface area contributed by atoms with Gasteiger partial charge in [0.25, 0.3) is 0 Å². The molecule has 3 unspecified atom stereocenters. The van der Waals surface area contributed by atoms with Crippen LogP contribution < -0.4 is 5.73 Å². The minimum absolute atomic E-state index is 0.0689. The van der Waals surface area contributed by atoms with Crippen molar-refractivity contribution in [2.75, 3.05) is 32.0 Å². The van der Waals surface area contributed by atoms with Crippen molar-refractivity contribution in [2.45, 2.75) is 93.5 Å². The van der Waals surface area contributed by atoms with E-state index in [1.54, 1.807) is 0 Å². The third kappa shape index (κ3) is 4.95. The van der Waals surface area contributed by atoms with E-state index in [-0.39, 0.29) is 30.1 Å². The molecule has 0 bridgehead atoms. The van der Waals surface area contributed by atoms with E-state index in [4.69, 9.17) is 31.8 Å². The highest BCUT2D eigenvalue weighted by atomic mass is 35.5. The minimum atomic E-state index is -4.91. The normalized spacial score (nSPS) is 33.9. The van der Waals surface area contributed by atoms with E-state index in [1.807, 2.05) is 0 Å². The van der Waals surface area contributed by atoms with Gasteiger partial charge < -0.3 is 20.1 Å². The number of dihydropyridines is 1. The van der Waals surface area contributed by atoms with Crippen LogP contribution in [0, 0.1) is 5.92 Å². The number of nitrogens with zero attached hydrogens (tertiary/aromatic N) is 5. The number of aliphatic imine (C=N–C) groups is 3. The summed E-state index contributed by atoms with van der Waals surface area (Å²) in [4.78, 5) is 18.2. The van der Waals surface area contributed by atoms with Gasteiger partial charge in [0.05, 0.1) is 27.4 Å². The van der Waals surface area contributed by atoms with Gasteiger partial charge in [0.1, 0.15) is 30.2 Å². The van der Waals surface area contributed by atoms with Crippen molar-refractivity contribution in [3.05, 3.63) is 39.8 Å². The quantitative estimate of drug-likeness (QED) is 0.318. The van der Waals surface area contributed by atoms with E-state index in [0.29, 0.717) is 31.8 Å². The van der Waals surface area contributed by atoms with Crippen LogP contribution in [0.3, 0.4) is 0 Å².